The molecule has 1 atom stereocenters. The molecule has 1 saturated carbocycles. The summed E-state index contributed by atoms with van der Waals surface area (Å²) in [6, 6.07) is 10.8. The van der Waals surface area contributed by atoms with E-state index in [1.807, 2.05) is 48.9 Å². The Bertz CT molecular complexity index is 1110. The first-order valence-electron chi connectivity index (χ1n) is 10.7. The number of hydrogen-bond donors (Lipinski definition) is 1. The molecule has 3 aromatic rings. The Morgan fingerprint density at radius 1 is 1.19 bits per heavy atom. The maximum atomic E-state index is 13.1. The molecule has 1 N–H and O–H groups in total. The van der Waals surface area contributed by atoms with E-state index in [9.17, 15) is 18.0 Å². The fraction of sp³-hybridized carbons (Fsp3) is 0.435. The minimum Gasteiger partial charge on any atom is -0.352 e. The minimum absolute atomic E-state index is 0.1000. The fourth-order valence-corrected chi connectivity index (χ4v) is 3.87. The average Bonchev–Trinajstić information content (AvgIpc) is 3.44. The lowest BCUT2D eigenvalue weighted by atomic mass is 10.1. The van der Waals surface area contributed by atoms with Crippen LogP contribution in [0.1, 0.15) is 54.0 Å². The minimum atomic E-state index is -4.49. The molecule has 1 aliphatic carbocycles. The standard InChI is InChI=1S/C23H26F3N5O/c1-14(13-30-20(17-9-10-17)11-21(29-30)23(24,25)26)22(32)27-12-19-15(2)28-31(16(19)3)18-7-5-4-6-8-18/h4-8,11,14,17H,9-10,12-13H2,1-3H3,(H,27,32). The normalized spacial score (nSPS) is 15.1. The number of aromatic nitrogens is 4. The molecular formula is C23H26F3N5O. The van der Waals surface area contributed by atoms with E-state index in [0.29, 0.717) is 12.2 Å². The number of aryl methyl sites for hydroxylation is 1. The molecule has 0 bridgehead atoms. The molecule has 0 spiro atoms. The van der Waals surface area contributed by atoms with Gasteiger partial charge in [-0.1, -0.05) is 25.1 Å². The van der Waals surface area contributed by atoms with Crippen LogP contribution in [0.15, 0.2) is 36.4 Å². The second-order valence-corrected chi connectivity index (χ2v) is 8.42. The summed E-state index contributed by atoms with van der Waals surface area (Å²) in [4.78, 5) is 12.7. The number of nitrogens with zero attached hydrogens (tertiary/aromatic N) is 4. The van der Waals surface area contributed by atoms with Gasteiger partial charge in [-0.3, -0.25) is 9.48 Å². The predicted molar refractivity (Wildman–Crippen MR) is 113 cm³/mol. The Kier molecular flexibility index (Phi) is 5.83. The largest absolute Gasteiger partial charge is 0.435 e. The van der Waals surface area contributed by atoms with Crippen molar-refractivity contribution in [2.75, 3.05) is 0 Å². The first-order valence-corrected chi connectivity index (χ1v) is 10.7. The van der Waals surface area contributed by atoms with Crippen LogP contribution in [0, 0.1) is 19.8 Å². The Labute approximate surface area is 184 Å². The van der Waals surface area contributed by atoms with Crippen LogP contribution in [0.5, 0.6) is 0 Å². The topological polar surface area (TPSA) is 64.7 Å². The molecular weight excluding hydrogens is 419 g/mol. The molecule has 9 heteroatoms. The number of alkyl halides is 3. The van der Waals surface area contributed by atoms with E-state index in [1.165, 1.54) is 4.68 Å². The summed E-state index contributed by atoms with van der Waals surface area (Å²) in [7, 11) is 0. The number of para-hydroxylation sites is 1. The molecule has 170 valence electrons. The van der Waals surface area contributed by atoms with Crippen LogP contribution in [0.3, 0.4) is 0 Å². The van der Waals surface area contributed by atoms with Gasteiger partial charge in [0.05, 0.1) is 23.8 Å². The van der Waals surface area contributed by atoms with E-state index in [-0.39, 0.29) is 18.4 Å². The van der Waals surface area contributed by atoms with E-state index < -0.39 is 17.8 Å². The van der Waals surface area contributed by atoms with Gasteiger partial charge in [-0.25, -0.2) is 4.68 Å². The lowest BCUT2D eigenvalue weighted by Gasteiger charge is -2.14. The summed E-state index contributed by atoms with van der Waals surface area (Å²) >= 11 is 0. The third kappa shape index (κ3) is 4.56. The van der Waals surface area contributed by atoms with Crippen LogP contribution in [-0.4, -0.2) is 25.5 Å². The van der Waals surface area contributed by atoms with E-state index in [1.54, 1.807) is 6.92 Å². The second kappa shape index (κ2) is 8.44. The first kappa shape index (κ1) is 22.1. The summed E-state index contributed by atoms with van der Waals surface area (Å²) in [5.74, 6) is -0.664. The Hall–Kier alpha value is -3.10. The van der Waals surface area contributed by atoms with Crippen LogP contribution in [0.4, 0.5) is 13.2 Å². The number of carbonyl (C=O) groups is 1. The fourth-order valence-electron chi connectivity index (χ4n) is 3.87. The Morgan fingerprint density at radius 2 is 1.88 bits per heavy atom. The van der Waals surface area contributed by atoms with Gasteiger partial charge in [0.2, 0.25) is 5.91 Å². The zero-order chi connectivity index (χ0) is 23.0. The van der Waals surface area contributed by atoms with Crippen molar-refractivity contribution < 1.29 is 18.0 Å². The van der Waals surface area contributed by atoms with Crippen LogP contribution in [0.2, 0.25) is 0 Å². The van der Waals surface area contributed by atoms with Crippen LogP contribution < -0.4 is 5.32 Å². The van der Waals surface area contributed by atoms with Gasteiger partial charge in [0.25, 0.3) is 0 Å². The second-order valence-electron chi connectivity index (χ2n) is 8.42. The maximum Gasteiger partial charge on any atom is 0.435 e. The monoisotopic (exact) mass is 445 g/mol. The van der Waals surface area contributed by atoms with Gasteiger partial charge in [-0.15, -0.1) is 0 Å². The zero-order valence-electron chi connectivity index (χ0n) is 18.3. The van der Waals surface area contributed by atoms with Gasteiger partial charge in [0.1, 0.15) is 0 Å². The van der Waals surface area contributed by atoms with Crippen molar-refractivity contribution in [3.8, 4) is 5.69 Å². The average molecular weight is 445 g/mol. The summed E-state index contributed by atoms with van der Waals surface area (Å²) in [5, 5.41) is 11.2. The SMILES string of the molecule is Cc1nn(-c2ccccc2)c(C)c1CNC(=O)C(C)Cn1nc(C(F)(F)F)cc1C1CC1. The number of amides is 1. The number of hydrogen-bond acceptors (Lipinski definition) is 3. The van der Waals surface area contributed by atoms with Crippen LogP contribution in [0.25, 0.3) is 5.69 Å². The highest BCUT2D eigenvalue weighted by molar-refractivity contribution is 5.78. The third-order valence-electron chi connectivity index (χ3n) is 5.87. The van der Waals surface area contributed by atoms with Gasteiger partial charge in [0.15, 0.2) is 5.69 Å². The number of rotatable bonds is 7. The van der Waals surface area contributed by atoms with Crippen molar-refractivity contribution >= 4 is 5.91 Å². The predicted octanol–water partition coefficient (Wildman–Crippen LogP) is 4.53. The van der Waals surface area contributed by atoms with Crippen LogP contribution >= 0.6 is 0 Å². The summed E-state index contributed by atoms with van der Waals surface area (Å²) in [6.45, 7) is 5.95. The maximum absolute atomic E-state index is 13.1. The summed E-state index contributed by atoms with van der Waals surface area (Å²) < 4.78 is 42.5. The molecule has 0 aliphatic heterocycles. The van der Waals surface area contributed by atoms with Gasteiger partial charge in [-0.2, -0.15) is 23.4 Å². The van der Waals surface area contributed by atoms with Crippen molar-refractivity contribution in [2.45, 2.75) is 58.8 Å². The summed E-state index contributed by atoms with van der Waals surface area (Å²) in [6.07, 6.45) is -2.78. The molecule has 1 amide bonds. The first-order chi connectivity index (χ1) is 15.1. The molecule has 1 aromatic carbocycles. The van der Waals surface area contributed by atoms with Gasteiger partial charge in [-0.05, 0) is 44.9 Å². The smallest absolute Gasteiger partial charge is 0.352 e. The highest BCUT2D eigenvalue weighted by Crippen LogP contribution is 2.42. The lowest BCUT2D eigenvalue weighted by molar-refractivity contribution is -0.141. The molecule has 1 unspecified atom stereocenters. The molecule has 0 saturated heterocycles. The number of halogens is 3. The van der Waals surface area contributed by atoms with Crippen molar-refractivity contribution in [2.24, 2.45) is 5.92 Å². The molecule has 32 heavy (non-hydrogen) atoms. The van der Waals surface area contributed by atoms with E-state index in [0.717, 1.165) is 41.5 Å². The van der Waals surface area contributed by atoms with Gasteiger partial charge >= 0.3 is 6.18 Å². The molecule has 2 heterocycles. The molecule has 1 aliphatic rings. The quantitative estimate of drug-likeness (QED) is 0.581. The zero-order valence-corrected chi connectivity index (χ0v) is 18.3. The number of benzene rings is 1. The van der Waals surface area contributed by atoms with Crippen molar-refractivity contribution in [3.63, 3.8) is 0 Å². The Balaban J connectivity index is 1.43. The van der Waals surface area contributed by atoms with Crippen molar-refractivity contribution in [3.05, 3.63) is 64.7 Å². The van der Waals surface area contributed by atoms with E-state index in [2.05, 4.69) is 15.5 Å². The van der Waals surface area contributed by atoms with Crippen molar-refractivity contribution in [1.82, 2.24) is 24.9 Å². The lowest BCUT2D eigenvalue weighted by Crippen LogP contribution is -2.32. The highest BCUT2D eigenvalue weighted by Gasteiger charge is 2.38. The van der Waals surface area contributed by atoms with Gasteiger partial charge in [0, 0.05) is 29.4 Å². The molecule has 4 rings (SSSR count). The van der Waals surface area contributed by atoms with E-state index >= 15 is 0 Å². The van der Waals surface area contributed by atoms with Crippen molar-refractivity contribution in [1.29, 1.82) is 0 Å². The molecule has 0 radical (unpaired) electrons. The molecule has 2 aromatic heterocycles. The van der Waals surface area contributed by atoms with E-state index in [4.69, 9.17) is 0 Å². The molecule has 6 nitrogen and oxygen atoms in total. The number of nitrogens with one attached hydrogen (secondary N) is 1. The third-order valence-corrected chi connectivity index (χ3v) is 5.87. The Morgan fingerprint density at radius 3 is 2.50 bits per heavy atom. The number of carbonyl (C=O) groups excluding carboxylic acids is 1. The van der Waals surface area contributed by atoms with Crippen LogP contribution in [-0.2, 0) is 24.1 Å². The highest BCUT2D eigenvalue weighted by atomic mass is 19.4. The molecule has 1 fully saturated rings. The summed E-state index contributed by atoms with van der Waals surface area (Å²) in [5.41, 5.74) is 3.27. The van der Waals surface area contributed by atoms with Gasteiger partial charge < -0.3 is 5.32 Å².